The second-order valence-corrected chi connectivity index (χ2v) is 6.45. The summed E-state index contributed by atoms with van der Waals surface area (Å²) in [5, 5.41) is 8.89. The second kappa shape index (κ2) is 6.04. The first-order valence-electron chi connectivity index (χ1n) is 6.34. The topological polar surface area (TPSA) is 82.8 Å². The maximum absolute atomic E-state index is 12.4. The molecule has 0 saturated heterocycles. The molecule has 0 aliphatic heterocycles. The van der Waals surface area contributed by atoms with Crippen LogP contribution >= 0.6 is 0 Å². The van der Waals surface area contributed by atoms with Crippen molar-refractivity contribution >= 4 is 10.0 Å². The van der Waals surface area contributed by atoms with E-state index in [2.05, 4.69) is 9.71 Å². The molecule has 1 aromatic carbocycles. The number of rotatable bonds is 4. The lowest BCUT2D eigenvalue weighted by Crippen LogP contribution is -2.24. The molecule has 2 rings (SSSR count). The lowest BCUT2D eigenvalue weighted by molar-refractivity contribution is 0.580. The molecule has 5 nitrogen and oxygen atoms in total. The van der Waals surface area contributed by atoms with Crippen LogP contribution in [0, 0.1) is 25.2 Å². The highest BCUT2D eigenvalue weighted by Crippen LogP contribution is 2.17. The summed E-state index contributed by atoms with van der Waals surface area (Å²) in [7, 11) is -3.66. The summed E-state index contributed by atoms with van der Waals surface area (Å²) in [5.74, 6) is 0. The van der Waals surface area contributed by atoms with Crippen molar-refractivity contribution in [3.05, 3.63) is 58.9 Å². The molecule has 0 amide bonds. The summed E-state index contributed by atoms with van der Waals surface area (Å²) < 4.78 is 27.3. The Bertz CT molecular complexity index is 808. The Kier molecular flexibility index (Phi) is 4.36. The molecule has 0 radical (unpaired) electrons. The molecule has 1 heterocycles. The SMILES string of the molecule is Cc1cnccc1CNS(=O)(=O)c1cc(C#N)ccc1C. The molecule has 21 heavy (non-hydrogen) atoms. The number of aromatic nitrogens is 1. The molecule has 6 heteroatoms. The highest BCUT2D eigenvalue weighted by atomic mass is 32.2. The molecule has 0 bridgehead atoms. The molecule has 2 aromatic rings. The molecule has 108 valence electrons. The van der Waals surface area contributed by atoms with Gasteiger partial charge in [-0.3, -0.25) is 4.98 Å². The second-order valence-electron chi connectivity index (χ2n) is 4.72. The van der Waals surface area contributed by atoms with Crippen LogP contribution in [0.4, 0.5) is 0 Å². The summed E-state index contributed by atoms with van der Waals surface area (Å²) in [5.41, 5.74) is 2.71. The third-order valence-corrected chi connectivity index (χ3v) is 4.74. The van der Waals surface area contributed by atoms with Gasteiger partial charge in [0.05, 0.1) is 16.5 Å². The van der Waals surface area contributed by atoms with Gasteiger partial charge in [-0.05, 0) is 48.7 Å². The molecule has 0 atom stereocenters. The minimum atomic E-state index is -3.66. The van der Waals surface area contributed by atoms with Gasteiger partial charge in [-0.2, -0.15) is 5.26 Å². The Labute approximate surface area is 124 Å². The molecule has 1 N–H and O–H groups in total. The van der Waals surface area contributed by atoms with Crippen LogP contribution in [0.1, 0.15) is 22.3 Å². The summed E-state index contributed by atoms with van der Waals surface area (Å²) >= 11 is 0. The number of hydrogen-bond donors (Lipinski definition) is 1. The van der Waals surface area contributed by atoms with Crippen LogP contribution in [-0.2, 0) is 16.6 Å². The number of nitrogens with one attached hydrogen (secondary N) is 1. The summed E-state index contributed by atoms with van der Waals surface area (Å²) in [6.07, 6.45) is 3.31. The Hall–Kier alpha value is -2.23. The zero-order chi connectivity index (χ0) is 15.5. The Morgan fingerprint density at radius 2 is 2.00 bits per heavy atom. The van der Waals surface area contributed by atoms with Crippen LogP contribution in [0.15, 0.2) is 41.6 Å². The van der Waals surface area contributed by atoms with Crippen molar-refractivity contribution in [1.82, 2.24) is 9.71 Å². The van der Waals surface area contributed by atoms with E-state index in [-0.39, 0.29) is 11.4 Å². The first-order chi connectivity index (χ1) is 9.94. The van der Waals surface area contributed by atoms with Crippen LogP contribution in [0.2, 0.25) is 0 Å². The summed E-state index contributed by atoms with van der Waals surface area (Å²) in [6, 6.07) is 8.34. The number of benzene rings is 1. The van der Waals surface area contributed by atoms with Crippen LogP contribution in [-0.4, -0.2) is 13.4 Å². The first-order valence-corrected chi connectivity index (χ1v) is 7.82. The Morgan fingerprint density at radius 1 is 1.24 bits per heavy atom. The van der Waals surface area contributed by atoms with E-state index in [1.807, 2.05) is 13.0 Å². The van der Waals surface area contributed by atoms with Gasteiger partial charge in [-0.25, -0.2) is 13.1 Å². The highest BCUT2D eigenvalue weighted by molar-refractivity contribution is 7.89. The van der Waals surface area contributed by atoms with Gasteiger partial charge in [0.2, 0.25) is 10.0 Å². The van der Waals surface area contributed by atoms with Gasteiger partial charge in [0.15, 0.2) is 0 Å². The zero-order valence-electron chi connectivity index (χ0n) is 11.8. The van der Waals surface area contributed by atoms with Crippen molar-refractivity contribution in [2.45, 2.75) is 25.3 Å². The zero-order valence-corrected chi connectivity index (χ0v) is 12.6. The maximum Gasteiger partial charge on any atom is 0.241 e. The fourth-order valence-electron chi connectivity index (χ4n) is 1.91. The van der Waals surface area contributed by atoms with Crippen LogP contribution in [0.5, 0.6) is 0 Å². The van der Waals surface area contributed by atoms with Crippen molar-refractivity contribution in [3.8, 4) is 6.07 Å². The number of hydrogen-bond acceptors (Lipinski definition) is 4. The number of pyridine rings is 1. The third-order valence-electron chi connectivity index (χ3n) is 3.20. The summed E-state index contributed by atoms with van der Waals surface area (Å²) in [4.78, 5) is 4.10. The van der Waals surface area contributed by atoms with Crippen molar-refractivity contribution in [1.29, 1.82) is 5.26 Å². The molecule has 0 aliphatic carbocycles. The highest BCUT2D eigenvalue weighted by Gasteiger charge is 2.17. The molecular formula is C15H15N3O2S. The molecule has 0 unspecified atom stereocenters. The normalized spacial score (nSPS) is 11.1. The van der Waals surface area contributed by atoms with Gasteiger partial charge in [0.25, 0.3) is 0 Å². The monoisotopic (exact) mass is 301 g/mol. The molecule has 0 spiro atoms. The van der Waals surface area contributed by atoms with Gasteiger partial charge >= 0.3 is 0 Å². The van der Waals surface area contributed by atoms with Gasteiger partial charge in [-0.15, -0.1) is 0 Å². The van der Waals surface area contributed by atoms with Gasteiger partial charge in [-0.1, -0.05) is 6.07 Å². The minimum absolute atomic E-state index is 0.133. The standard InChI is InChI=1S/C15H15N3O2S/c1-11-3-4-13(8-16)7-15(11)21(19,20)18-10-14-5-6-17-9-12(14)2/h3-7,9,18H,10H2,1-2H3. The number of nitrogens with zero attached hydrogens (tertiary/aromatic N) is 2. The average Bonchev–Trinajstić information content (AvgIpc) is 2.47. The molecule has 0 saturated carbocycles. The van der Waals surface area contributed by atoms with Crippen molar-refractivity contribution in [2.75, 3.05) is 0 Å². The van der Waals surface area contributed by atoms with E-state index in [9.17, 15) is 8.42 Å². The van der Waals surface area contributed by atoms with E-state index in [0.29, 0.717) is 11.1 Å². The molecule has 1 aromatic heterocycles. The summed E-state index contributed by atoms with van der Waals surface area (Å²) in [6.45, 7) is 3.76. The van der Waals surface area contributed by atoms with E-state index in [1.165, 1.54) is 6.07 Å². The minimum Gasteiger partial charge on any atom is -0.264 e. The quantitative estimate of drug-likeness (QED) is 0.937. The number of sulfonamides is 1. The van der Waals surface area contributed by atoms with Crippen LogP contribution in [0.3, 0.4) is 0 Å². The van der Waals surface area contributed by atoms with E-state index >= 15 is 0 Å². The number of aryl methyl sites for hydroxylation is 2. The maximum atomic E-state index is 12.4. The fraction of sp³-hybridized carbons (Fsp3) is 0.200. The van der Waals surface area contributed by atoms with E-state index < -0.39 is 10.0 Å². The predicted octanol–water partition coefficient (Wildman–Crippen LogP) is 2.05. The number of nitriles is 1. The fourth-order valence-corrected chi connectivity index (χ4v) is 3.19. The lowest BCUT2D eigenvalue weighted by Gasteiger charge is -2.10. The predicted molar refractivity (Wildman–Crippen MR) is 78.9 cm³/mol. The Balaban J connectivity index is 2.28. The van der Waals surface area contributed by atoms with Crippen molar-refractivity contribution in [2.24, 2.45) is 0 Å². The first kappa shape index (κ1) is 15.2. The smallest absolute Gasteiger partial charge is 0.241 e. The van der Waals surface area contributed by atoms with E-state index in [4.69, 9.17) is 5.26 Å². The van der Waals surface area contributed by atoms with E-state index in [1.54, 1.807) is 37.5 Å². The van der Waals surface area contributed by atoms with Gasteiger partial charge in [0.1, 0.15) is 0 Å². The van der Waals surface area contributed by atoms with Crippen molar-refractivity contribution in [3.63, 3.8) is 0 Å². The van der Waals surface area contributed by atoms with Gasteiger partial charge in [0, 0.05) is 18.9 Å². The van der Waals surface area contributed by atoms with Crippen LogP contribution < -0.4 is 4.72 Å². The van der Waals surface area contributed by atoms with Crippen LogP contribution in [0.25, 0.3) is 0 Å². The molecule has 0 fully saturated rings. The average molecular weight is 301 g/mol. The Morgan fingerprint density at radius 3 is 2.67 bits per heavy atom. The van der Waals surface area contributed by atoms with Gasteiger partial charge < -0.3 is 0 Å². The van der Waals surface area contributed by atoms with E-state index in [0.717, 1.165) is 11.1 Å². The molecule has 0 aliphatic rings. The van der Waals surface area contributed by atoms with Crippen molar-refractivity contribution < 1.29 is 8.42 Å². The molecular weight excluding hydrogens is 286 g/mol. The lowest BCUT2D eigenvalue weighted by atomic mass is 10.2. The largest absolute Gasteiger partial charge is 0.264 e. The third kappa shape index (κ3) is 3.45.